The fourth-order valence-electron chi connectivity index (χ4n) is 4.56. The lowest BCUT2D eigenvalue weighted by Gasteiger charge is -2.40. The molecule has 1 aromatic rings. The van der Waals surface area contributed by atoms with Gasteiger partial charge in [0.2, 0.25) is 5.91 Å². The standard InChI is InChI=1S/C19H26N2O2/c22-19-7-6-17-18(21(19)16-4-2-1-3-5-16)8-11-20(17)14-15-9-12-23-13-10-15/h1-5,15,17-18H,6-14H2/t17-,18-/m0/s1. The second-order valence-electron chi connectivity index (χ2n) is 7.11. The Labute approximate surface area is 138 Å². The van der Waals surface area contributed by atoms with E-state index in [1.54, 1.807) is 0 Å². The van der Waals surface area contributed by atoms with Crippen LogP contribution in [0.5, 0.6) is 0 Å². The first kappa shape index (κ1) is 15.2. The van der Waals surface area contributed by atoms with Crippen LogP contribution in [0.1, 0.15) is 32.1 Å². The summed E-state index contributed by atoms with van der Waals surface area (Å²) in [4.78, 5) is 17.3. The highest BCUT2D eigenvalue weighted by Gasteiger charge is 2.43. The number of piperidine rings is 1. The Morgan fingerprint density at radius 3 is 2.57 bits per heavy atom. The van der Waals surface area contributed by atoms with Crippen molar-refractivity contribution in [2.45, 2.75) is 44.2 Å². The molecule has 3 heterocycles. The summed E-state index contributed by atoms with van der Waals surface area (Å²) in [5.74, 6) is 1.07. The minimum absolute atomic E-state index is 0.297. The number of carbonyl (C=O) groups excluding carboxylic acids is 1. The van der Waals surface area contributed by atoms with Crippen LogP contribution in [0.3, 0.4) is 0 Å². The summed E-state index contributed by atoms with van der Waals surface area (Å²) < 4.78 is 5.49. The molecule has 3 aliphatic rings. The Morgan fingerprint density at radius 1 is 1.00 bits per heavy atom. The first-order chi connectivity index (χ1) is 11.3. The van der Waals surface area contributed by atoms with E-state index in [2.05, 4.69) is 21.9 Å². The van der Waals surface area contributed by atoms with Gasteiger partial charge in [-0.3, -0.25) is 9.69 Å². The molecule has 3 aliphatic heterocycles. The maximum Gasteiger partial charge on any atom is 0.227 e. The molecule has 3 fully saturated rings. The van der Waals surface area contributed by atoms with Gasteiger partial charge in [-0.1, -0.05) is 18.2 Å². The van der Waals surface area contributed by atoms with Gasteiger partial charge in [-0.05, 0) is 43.7 Å². The fraction of sp³-hybridized carbons (Fsp3) is 0.632. The Balaban J connectivity index is 1.49. The zero-order valence-corrected chi connectivity index (χ0v) is 13.7. The molecule has 0 bridgehead atoms. The van der Waals surface area contributed by atoms with Gasteiger partial charge in [0.25, 0.3) is 0 Å². The summed E-state index contributed by atoms with van der Waals surface area (Å²) in [6.45, 7) is 4.15. The summed E-state index contributed by atoms with van der Waals surface area (Å²) in [6.07, 6.45) is 5.19. The number of rotatable bonds is 3. The van der Waals surface area contributed by atoms with Crippen LogP contribution in [0.2, 0.25) is 0 Å². The second-order valence-corrected chi connectivity index (χ2v) is 7.11. The molecule has 0 radical (unpaired) electrons. The van der Waals surface area contributed by atoms with Crippen molar-refractivity contribution in [1.82, 2.24) is 4.90 Å². The minimum atomic E-state index is 0.297. The van der Waals surface area contributed by atoms with Gasteiger partial charge in [-0.2, -0.15) is 0 Å². The lowest BCUT2D eigenvalue weighted by atomic mass is 9.94. The molecule has 0 saturated carbocycles. The molecule has 1 aromatic carbocycles. The largest absolute Gasteiger partial charge is 0.381 e. The normalized spacial score (nSPS) is 29.7. The number of amides is 1. The zero-order chi connectivity index (χ0) is 15.6. The average molecular weight is 314 g/mol. The van der Waals surface area contributed by atoms with Crippen LogP contribution in [-0.2, 0) is 9.53 Å². The number of hydrogen-bond donors (Lipinski definition) is 0. The molecule has 0 aromatic heterocycles. The van der Waals surface area contributed by atoms with E-state index < -0.39 is 0 Å². The van der Waals surface area contributed by atoms with Gasteiger partial charge < -0.3 is 9.64 Å². The van der Waals surface area contributed by atoms with Gasteiger partial charge in [0.1, 0.15) is 0 Å². The molecule has 3 saturated heterocycles. The number of carbonyl (C=O) groups is 1. The minimum Gasteiger partial charge on any atom is -0.381 e. The fourth-order valence-corrected chi connectivity index (χ4v) is 4.56. The van der Waals surface area contributed by atoms with Gasteiger partial charge in [-0.25, -0.2) is 0 Å². The molecular formula is C19H26N2O2. The van der Waals surface area contributed by atoms with Crippen LogP contribution in [0, 0.1) is 5.92 Å². The highest BCUT2D eigenvalue weighted by molar-refractivity contribution is 5.95. The molecule has 23 heavy (non-hydrogen) atoms. The molecule has 1 amide bonds. The topological polar surface area (TPSA) is 32.8 Å². The van der Waals surface area contributed by atoms with Gasteiger partial charge in [0, 0.05) is 44.5 Å². The summed E-state index contributed by atoms with van der Waals surface area (Å²) in [5, 5.41) is 0. The quantitative estimate of drug-likeness (QED) is 0.860. The van der Waals surface area contributed by atoms with Crippen molar-refractivity contribution in [2.75, 3.05) is 31.2 Å². The van der Waals surface area contributed by atoms with Crippen LogP contribution in [0.25, 0.3) is 0 Å². The van der Waals surface area contributed by atoms with Gasteiger partial charge in [0.05, 0.1) is 6.04 Å². The third-order valence-corrected chi connectivity index (χ3v) is 5.75. The van der Waals surface area contributed by atoms with Crippen molar-refractivity contribution in [3.63, 3.8) is 0 Å². The molecule has 4 heteroatoms. The molecule has 4 rings (SSSR count). The molecule has 124 valence electrons. The molecule has 0 N–H and O–H groups in total. The van der Waals surface area contributed by atoms with Gasteiger partial charge >= 0.3 is 0 Å². The molecule has 2 atom stereocenters. The van der Waals surface area contributed by atoms with Crippen LogP contribution in [0.15, 0.2) is 30.3 Å². The zero-order valence-electron chi connectivity index (χ0n) is 13.7. The van der Waals surface area contributed by atoms with E-state index in [4.69, 9.17) is 4.74 Å². The van der Waals surface area contributed by atoms with Crippen LogP contribution in [-0.4, -0.2) is 49.2 Å². The maximum absolute atomic E-state index is 12.5. The maximum atomic E-state index is 12.5. The molecule has 0 aliphatic carbocycles. The SMILES string of the molecule is O=C1CC[C@H]2[C@H](CCN2CC2CCOCC2)N1c1ccccc1. The second kappa shape index (κ2) is 6.62. The summed E-state index contributed by atoms with van der Waals surface area (Å²) >= 11 is 0. The third kappa shape index (κ3) is 3.02. The van der Waals surface area contributed by atoms with Gasteiger partial charge in [-0.15, -0.1) is 0 Å². The van der Waals surface area contributed by atoms with Crippen LogP contribution >= 0.6 is 0 Å². The van der Waals surface area contributed by atoms with E-state index >= 15 is 0 Å². The molecule has 0 spiro atoms. The highest BCUT2D eigenvalue weighted by Crippen LogP contribution is 2.35. The van der Waals surface area contributed by atoms with E-state index in [9.17, 15) is 4.79 Å². The van der Waals surface area contributed by atoms with Crippen molar-refractivity contribution in [3.05, 3.63) is 30.3 Å². The van der Waals surface area contributed by atoms with E-state index in [1.807, 2.05) is 18.2 Å². The third-order valence-electron chi connectivity index (χ3n) is 5.75. The highest BCUT2D eigenvalue weighted by atomic mass is 16.5. The first-order valence-corrected chi connectivity index (χ1v) is 9.02. The number of nitrogens with zero attached hydrogens (tertiary/aromatic N) is 2. The monoisotopic (exact) mass is 314 g/mol. The number of fused-ring (bicyclic) bond motifs is 1. The lowest BCUT2D eigenvalue weighted by molar-refractivity contribution is -0.120. The summed E-state index contributed by atoms with van der Waals surface area (Å²) in [5.41, 5.74) is 1.07. The predicted octanol–water partition coefficient (Wildman–Crippen LogP) is 2.68. The Hall–Kier alpha value is -1.39. The summed E-state index contributed by atoms with van der Waals surface area (Å²) in [6, 6.07) is 11.1. The molecular weight excluding hydrogens is 288 g/mol. The Kier molecular flexibility index (Phi) is 4.36. The lowest BCUT2D eigenvalue weighted by Crippen LogP contribution is -2.53. The number of anilines is 1. The number of benzene rings is 1. The van der Waals surface area contributed by atoms with E-state index in [0.29, 0.717) is 24.4 Å². The van der Waals surface area contributed by atoms with E-state index in [-0.39, 0.29) is 0 Å². The van der Waals surface area contributed by atoms with E-state index in [1.165, 1.54) is 19.4 Å². The smallest absolute Gasteiger partial charge is 0.227 e. The number of likely N-dealkylation sites (tertiary alicyclic amines) is 1. The average Bonchev–Trinajstić information content (AvgIpc) is 2.99. The van der Waals surface area contributed by atoms with E-state index in [0.717, 1.165) is 44.2 Å². The van der Waals surface area contributed by atoms with Crippen molar-refractivity contribution >= 4 is 11.6 Å². The van der Waals surface area contributed by atoms with Crippen LogP contribution < -0.4 is 4.90 Å². The predicted molar refractivity (Wildman–Crippen MR) is 90.5 cm³/mol. The number of para-hydroxylation sites is 1. The summed E-state index contributed by atoms with van der Waals surface area (Å²) in [7, 11) is 0. The van der Waals surface area contributed by atoms with Crippen molar-refractivity contribution in [3.8, 4) is 0 Å². The van der Waals surface area contributed by atoms with Crippen molar-refractivity contribution in [2.24, 2.45) is 5.92 Å². The van der Waals surface area contributed by atoms with Crippen LogP contribution in [0.4, 0.5) is 5.69 Å². The Bertz CT molecular complexity index is 542. The Morgan fingerprint density at radius 2 is 1.78 bits per heavy atom. The number of ether oxygens (including phenoxy) is 1. The van der Waals surface area contributed by atoms with Crippen molar-refractivity contribution < 1.29 is 9.53 Å². The number of hydrogen-bond acceptors (Lipinski definition) is 3. The molecule has 4 nitrogen and oxygen atoms in total. The van der Waals surface area contributed by atoms with Crippen molar-refractivity contribution in [1.29, 1.82) is 0 Å². The van der Waals surface area contributed by atoms with Gasteiger partial charge in [0.15, 0.2) is 0 Å². The first-order valence-electron chi connectivity index (χ1n) is 9.02. The molecule has 0 unspecified atom stereocenters.